The molecule has 156 valence electrons. The molecule has 1 amide bonds. The molecule has 0 N–H and O–H groups in total. The summed E-state index contributed by atoms with van der Waals surface area (Å²) < 4.78 is 16.2. The van der Waals surface area contributed by atoms with Crippen molar-refractivity contribution in [1.29, 1.82) is 0 Å². The normalized spacial score (nSPS) is 16.3. The van der Waals surface area contributed by atoms with E-state index in [9.17, 15) is 4.79 Å². The van der Waals surface area contributed by atoms with E-state index in [0.717, 1.165) is 11.3 Å². The number of methoxy groups -OCH3 is 2. The van der Waals surface area contributed by atoms with E-state index in [0.29, 0.717) is 41.3 Å². The van der Waals surface area contributed by atoms with Crippen LogP contribution in [0.15, 0.2) is 71.1 Å². The van der Waals surface area contributed by atoms with Crippen LogP contribution in [0.25, 0.3) is 6.08 Å². The van der Waals surface area contributed by atoms with Gasteiger partial charge in [-0.1, -0.05) is 36.9 Å². The number of thioether (sulfide) groups is 1. The molecule has 0 saturated carbocycles. The Bertz CT molecular complexity index is 957. The molecule has 0 unspecified atom stereocenters. The predicted octanol–water partition coefficient (Wildman–Crippen LogP) is 4.51. The summed E-state index contributed by atoms with van der Waals surface area (Å²) in [6.07, 6.45) is 3.51. The number of carbonyl (C=O) groups excluding carboxylic acids is 1. The average molecular weight is 425 g/mol. The van der Waals surface area contributed by atoms with E-state index in [-0.39, 0.29) is 5.91 Å². The lowest BCUT2D eigenvalue weighted by atomic mass is 10.2. The number of para-hydroxylation sites is 1. The zero-order valence-electron chi connectivity index (χ0n) is 17.0. The molecule has 0 bridgehead atoms. The zero-order valence-corrected chi connectivity index (χ0v) is 17.9. The Morgan fingerprint density at radius 1 is 1.13 bits per heavy atom. The largest absolute Gasteiger partial charge is 0.493 e. The second-order valence-corrected chi connectivity index (χ2v) is 7.31. The molecule has 2 aromatic rings. The maximum absolute atomic E-state index is 13.0. The van der Waals surface area contributed by atoms with E-state index in [1.807, 2.05) is 54.6 Å². The van der Waals surface area contributed by atoms with Crippen LogP contribution in [-0.2, 0) is 9.53 Å². The van der Waals surface area contributed by atoms with Gasteiger partial charge in [-0.05, 0) is 47.7 Å². The van der Waals surface area contributed by atoms with Crippen LogP contribution >= 0.6 is 11.8 Å². The summed E-state index contributed by atoms with van der Waals surface area (Å²) in [5, 5.41) is 0.632. The van der Waals surface area contributed by atoms with Crippen molar-refractivity contribution in [3.8, 4) is 11.5 Å². The summed E-state index contributed by atoms with van der Waals surface area (Å²) in [5.41, 5.74) is 1.63. The fraction of sp³-hybridized carbons (Fsp3) is 0.217. The third-order valence-electron chi connectivity index (χ3n) is 4.23. The van der Waals surface area contributed by atoms with E-state index in [1.54, 1.807) is 25.2 Å². The van der Waals surface area contributed by atoms with Crippen LogP contribution in [0.4, 0.5) is 5.69 Å². The summed E-state index contributed by atoms with van der Waals surface area (Å²) in [4.78, 5) is 19.9. The molecule has 7 heteroatoms. The van der Waals surface area contributed by atoms with Crippen LogP contribution in [0.3, 0.4) is 0 Å². The number of carbonyl (C=O) groups is 1. The maximum Gasteiger partial charge on any atom is 0.266 e. The van der Waals surface area contributed by atoms with Crippen molar-refractivity contribution in [2.45, 2.75) is 0 Å². The molecule has 6 nitrogen and oxygen atoms in total. The number of amides is 1. The van der Waals surface area contributed by atoms with Crippen molar-refractivity contribution in [1.82, 2.24) is 4.90 Å². The second-order valence-electron chi connectivity index (χ2n) is 6.30. The molecule has 0 atom stereocenters. The lowest BCUT2D eigenvalue weighted by Crippen LogP contribution is -2.32. The number of benzene rings is 2. The van der Waals surface area contributed by atoms with Crippen LogP contribution in [0.2, 0.25) is 0 Å². The van der Waals surface area contributed by atoms with Gasteiger partial charge < -0.3 is 14.2 Å². The van der Waals surface area contributed by atoms with Crippen LogP contribution in [-0.4, -0.2) is 50.0 Å². The fourth-order valence-corrected chi connectivity index (χ4v) is 3.80. The number of hydrogen-bond acceptors (Lipinski definition) is 6. The molecule has 3 rings (SSSR count). The van der Waals surface area contributed by atoms with Crippen molar-refractivity contribution < 1.29 is 19.0 Å². The van der Waals surface area contributed by atoms with Gasteiger partial charge in [-0.15, -0.1) is 0 Å². The monoisotopic (exact) mass is 424 g/mol. The van der Waals surface area contributed by atoms with Gasteiger partial charge in [0.25, 0.3) is 5.91 Å². The number of aliphatic imine (C=N–C) groups is 1. The molecular formula is C23H24N2O4S. The minimum atomic E-state index is -0.0994. The van der Waals surface area contributed by atoms with Gasteiger partial charge in [-0.25, -0.2) is 4.99 Å². The standard InChI is InChI=1S/C23H24N2O4S/c1-4-13-29-19-11-10-17(15-20(19)28-3)16-21-22(26)25(12-14-27-2)23(30-21)24-18-8-6-5-7-9-18/h4-11,15-16H,1,12-14H2,2-3H3/b21-16-,24-23?. The van der Waals surface area contributed by atoms with Crippen molar-refractivity contribution in [2.75, 3.05) is 34.0 Å². The number of ether oxygens (including phenoxy) is 3. The fourth-order valence-electron chi connectivity index (χ4n) is 2.78. The van der Waals surface area contributed by atoms with Gasteiger partial charge in [0.05, 0.1) is 30.9 Å². The highest BCUT2D eigenvalue weighted by molar-refractivity contribution is 8.18. The summed E-state index contributed by atoms with van der Waals surface area (Å²) in [6, 6.07) is 15.1. The zero-order chi connectivity index (χ0) is 21.3. The quantitative estimate of drug-likeness (QED) is 0.438. The van der Waals surface area contributed by atoms with Crippen LogP contribution in [0, 0.1) is 0 Å². The van der Waals surface area contributed by atoms with Gasteiger partial charge >= 0.3 is 0 Å². The Morgan fingerprint density at radius 3 is 2.63 bits per heavy atom. The first-order valence-electron chi connectivity index (χ1n) is 9.42. The molecular weight excluding hydrogens is 400 g/mol. The van der Waals surface area contributed by atoms with Gasteiger partial charge in [-0.3, -0.25) is 9.69 Å². The highest BCUT2D eigenvalue weighted by Crippen LogP contribution is 2.35. The van der Waals surface area contributed by atoms with E-state index in [1.165, 1.54) is 11.8 Å². The smallest absolute Gasteiger partial charge is 0.266 e. The topological polar surface area (TPSA) is 60.4 Å². The molecule has 1 saturated heterocycles. The SMILES string of the molecule is C=CCOc1ccc(/C=C2\SC(=Nc3ccccc3)N(CCOC)C2=O)cc1OC. The molecule has 0 aromatic heterocycles. The first-order chi connectivity index (χ1) is 14.7. The minimum Gasteiger partial charge on any atom is -0.493 e. The van der Waals surface area contributed by atoms with E-state index >= 15 is 0 Å². The Balaban J connectivity index is 1.89. The molecule has 0 spiro atoms. The number of rotatable bonds is 9. The molecule has 1 aliphatic heterocycles. The lowest BCUT2D eigenvalue weighted by Gasteiger charge is -2.14. The van der Waals surface area contributed by atoms with Crippen LogP contribution < -0.4 is 9.47 Å². The summed E-state index contributed by atoms with van der Waals surface area (Å²) in [6.45, 7) is 4.90. The lowest BCUT2D eigenvalue weighted by molar-refractivity contribution is -0.122. The molecule has 30 heavy (non-hydrogen) atoms. The van der Waals surface area contributed by atoms with E-state index in [4.69, 9.17) is 14.2 Å². The predicted molar refractivity (Wildman–Crippen MR) is 121 cm³/mol. The van der Waals surface area contributed by atoms with Gasteiger partial charge in [0.15, 0.2) is 16.7 Å². The van der Waals surface area contributed by atoms with Crippen molar-refractivity contribution >= 4 is 34.6 Å². The first kappa shape index (κ1) is 21.7. The molecule has 1 heterocycles. The van der Waals surface area contributed by atoms with Crippen molar-refractivity contribution in [2.24, 2.45) is 4.99 Å². The maximum atomic E-state index is 13.0. The first-order valence-corrected chi connectivity index (χ1v) is 10.2. The van der Waals surface area contributed by atoms with Crippen LogP contribution in [0.5, 0.6) is 11.5 Å². The number of hydrogen-bond donors (Lipinski definition) is 0. The number of nitrogens with zero attached hydrogens (tertiary/aromatic N) is 2. The molecule has 1 fully saturated rings. The van der Waals surface area contributed by atoms with E-state index < -0.39 is 0 Å². The second kappa shape index (κ2) is 10.7. The summed E-state index contributed by atoms with van der Waals surface area (Å²) in [7, 11) is 3.19. The Hall–Kier alpha value is -3.03. The molecule has 1 aliphatic rings. The summed E-state index contributed by atoms with van der Waals surface area (Å²) in [5.74, 6) is 1.12. The van der Waals surface area contributed by atoms with Gasteiger partial charge in [0.2, 0.25) is 0 Å². The summed E-state index contributed by atoms with van der Waals surface area (Å²) >= 11 is 1.35. The average Bonchev–Trinajstić information content (AvgIpc) is 3.05. The number of amidine groups is 1. The van der Waals surface area contributed by atoms with Gasteiger partial charge in [0.1, 0.15) is 6.61 Å². The van der Waals surface area contributed by atoms with Gasteiger partial charge in [0, 0.05) is 7.11 Å². The van der Waals surface area contributed by atoms with Crippen LogP contribution in [0.1, 0.15) is 5.56 Å². The molecule has 2 aromatic carbocycles. The van der Waals surface area contributed by atoms with Gasteiger partial charge in [-0.2, -0.15) is 0 Å². The van der Waals surface area contributed by atoms with Crippen molar-refractivity contribution in [3.63, 3.8) is 0 Å². The third-order valence-corrected chi connectivity index (χ3v) is 5.24. The van der Waals surface area contributed by atoms with E-state index in [2.05, 4.69) is 11.6 Å². The Kier molecular flexibility index (Phi) is 7.70. The third kappa shape index (κ3) is 5.31. The van der Waals surface area contributed by atoms with Crippen molar-refractivity contribution in [3.05, 3.63) is 71.7 Å². The highest BCUT2D eigenvalue weighted by Gasteiger charge is 2.33. The highest BCUT2D eigenvalue weighted by atomic mass is 32.2. The Morgan fingerprint density at radius 2 is 1.93 bits per heavy atom. The molecule has 0 aliphatic carbocycles. The minimum absolute atomic E-state index is 0.0994. The Labute approximate surface area is 180 Å². The molecule has 0 radical (unpaired) electrons.